The molecule has 1 aliphatic rings. The molecular weight excluding hydrogens is 486 g/mol. The van der Waals surface area contributed by atoms with Crippen LogP contribution in [0.25, 0.3) is 6.08 Å². The molecule has 0 aliphatic carbocycles. The second-order valence-electron chi connectivity index (χ2n) is 8.45. The van der Waals surface area contributed by atoms with Gasteiger partial charge in [-0.05, 0) is 60.5 Å². The molecule has 0 spiro atoms. The number of fused-ring (bicyclic) bond motifs is 1. The smallest absolute Gasteiger partial charge is 0.271 e. The van der Waals surface area contributed by atoms with Crippen LogP contribution in [0.2, 0.25) is 0 Å². The number of methoxy groups -OCH3 is 2. The number of para-hydroxylation sites is 1. The zero-order valence-electron chi connectivity index (χ0n) is 20.6. The van der Waals surface area contributed by atoms with Crippen LogP contribution in [0.5, 0.6) is 11.5 Å². The number of anilines is 1. The summed E-state index contributed by atoms with van der Waals surface area (Å²) in [4.78, 5) is 32.6. The van der Waals surface area contributed by atoms with Gasteiger partial charge in [-0.2, -0.15) is 0 Å². The minimum Gasteiger partial charge on any atom is -0.497 e. The third-order valence-electron chi connectivity index (χ3n) is 6.14. The average Bonchev–Trinajstić information content (AvgIpc) is 3.23. The molecule has 1 aliphatic heterocycles. The normalized spacial score (nSPS) is 15.1. The van der Waals surface area contributed by atoms with E-state index in [0.717, 1.165) is 16.9 Å². The summed E-state index contributed by atoms with van der Waals surface area (Å²) in [7, 11) is 3.21. The van der Waals surface area contributed by atoms with Gasteiger partial charge in [0.15, 0.2) is 4.80 Å². The van der Waals surface area contributed by atoms with Crippen molar-refractivity contribution in [2.75, 3.05) is 19.5 Å². The lowest BCUT2D eigenvalue weighted by Gasteiger charge is -2.25. The lowest BCUT2D eigenvalue weighted by Crippen LogP contribution is -2.40. The number of hydrogen-bond donors (Lipinski definition) is 1. The number of nitrogens with one attached hydrogen (secondary N) is 1. The Labute approximate surface area is 217 Å². The Morgan fingerprint density at radius 3 is 2.19 bits per heavy atom. The van der Waals surface area contributed by atoms with E-state index in [1.165, 1.54) is 11.3 Å². The molecule has 0 saturated heterocycles. The summed E-state index contributed by atoms with van der Waals surface area (Å²) >= 11 is 1.30. The summed E-state index contributed by atoms with van der Waals surface area (Å²) in [6.45, 7) is 1.80. The monoisotopic (exact) mass is 511 g/mol. The fraction of sp³-hybridized carbons (Fsp3) is 0.138. The molecule has 2 heterocycles. The first-order chi connectivity index (χ1) is 18.0. The van der Waals surface area contributed by atoms with Gasteiger partial charge in [-0.1, -0.05) is 53.8 Å². The highest BCUT2D eigenvalue weighted by Crippen LogP contribution is 2.31. The van der Waals surface area contributed by atoms with E-state index in [9.17, 15) is 9.59 Å². The number of nitrogens with zero attached hydrogens (tertiary/aromatic N) is 2. The molecule has 0 saturated carbocycles. The van der Waals surface area contributed by atoms with E-state index in [4.69, 9.17) is 9.47 Å². The Morgan fingerprint density at radius 2 is 1.57 bits per heavy atom. The molecule has 8 heteroatoms. The van der Waals surface area contributed by atoms with Crippen LogP contribution in [0, 0.1) is 0 Å². The second-order valence-corrected chi connectivity index (χ2v) is 9.46. The van der Waals surface area contributed by atoms with Crippen LogP contribution < -0.4 is 29.7 Å². The van der Waals surface area contributed by atoms with Gasteiger partial charge in [0.05, 0.1) is 36.1 Å². The Balaban J connectivity index is 1.65. The standard InChI is InChI=1S/C29H25N3O4S/c1-18-25(27(33)31-21-7-5-4-6-8-21)26(20-11-15-23(36-3)16-12-20)32-28(34)24(37-29(32)30-18)17-19-9-13-22(35-2)14-10-19/h4-17,26H,1-3H3,(H,31,33)/b24-17-. The molecule has 1 amide bonds. The van der Waals surface area contributed by atoms with Crippen LogP contribution >= 0.6 is 11.3 Å². The van der Waals surface area contributed by atoms with Crippen molar-refractivity contribution in [2.24, 2.45) is 4.99 Å². The topological polar surface area (TPSA) is 81.9 Å². The van der Waals surface area contributed by atoms with Gasteiger partial charge in [0, 0.05) is 5.69 Å². The van der Waals surface area contributed by atoms with Crippen LogP contribution in [0.15, 0.2) is 99.9 Å². The first-order valence-electron chi connectivity index (χ1n) is 11.7. The molecule has 5 rings (SSSR count). The number of benzene rings is 3. The number of hydrogen-bond acceptors (Lipinski definition) is 6. The number of aromatic nitrogens is 1. The van der Waals surface area contributed by atoms with E-state index in [2.05, 4.69) is 10.3 Å². The minimum absolute atomic E-state index is 0.210. The third kappa shape index (κ3) is 4.83. The Morgan fingerprint density at radius 1 is 0.946 bits per heavy atom. The van der Waals surface area contributed by atoms with E-state index >= 15 is 0 Å². The van der Waals surface area contributed by atoms with Crippen molar-refractivity contribution in [3.05, 3.63) is 121 Å². The van der Waals surface area contributed by atoms with Crippen molar-refractivity contribution in [3.63, 3.8) is 0 Å². The predicted molar refractivity (Wildman–Crippen MR) is 145 cm³/mol. The van der Waals surface area contributed by atoms with Gasteiger partial charge < -0.3 is 14.8 Å². The summed E-state index contributed by atoms with van der Waals surface area (Å²) in [6.07, 6.45) is 1.83. The van der Waals surface area contributed by atoms with E-state index in [-0.39, 0.29) is 11.5 Å². The molecule has 4 aromatic rings. The van der Waals surface area contributed by atoms with Gasteiger partial charge in [-0.15, -0.1) is 0 Å². The maximum atomic E-state index is 13.8. The van der Waals surface area contributed by atoms with Gasteiger partial charge in [0.2, 0.25) is 0 Å². The molecule has 1 aromatic heterocycles. The molecular formula is C29H25N3O4S. The maximum absolute atomic E-state index is 13.8. The zero-order chi connectivity index (χ0) is 25.9. The highest BCUT2D eigenvalue weighted by molar-refractivity contribution is 7.07. The molecule has 1 unspecified atom stereocenters. The number of amides is 1. The average molecular weight is 512 g/mol. The van der Waals surface area contributed by atoms with Crippen LogP contribution in [0.3, 0.4) is 0 Å². The van der Waals surface area contributed by atoms with Crippen molar-refractivity contribution < 1.29 is 14.3 Å². The van der Waals surface area contributed by atoms with Gasteiger partial charge in [0.1, 0.15) is 11.5 Å². The molecule has 7 nitrogen and oxygen atoms in total. The molecule has 1 atom stereocenters. The quantitative estimate of drug-likeness (QED) is 0.426. The number of allylic oxidation sites excluding steroid dienone is 1. The molecule has 3 aromatic carbocycles. The van der Waals surface area contributed by atoms with Crippen LogP contribution in [-0.2, 0) is 4.79 Å². The van der Waals surface area contributed by atoms with Crippen LogP contribution in [-0.4, -0.2) is 24.7 Å². The predicted octanol–water partition coefficient (Wildman–Crippen LogP) is 3.89. The number of ether oxygens (including phenoxy) is 2. The van der Waals surface area contributed by atoms with Gasteiger partial charge in [-0.3, -0.25) is 14.2 Å². The molecule has 186 valence electrons. The number of thiazole rings is 1. The molecule has 1 N–H and O–H groups in total. The Kier molecular flexibility index (Phi) is 6.74. The molecule has 0 bridgehead atoms. The van der Waals surface area contributed by atoms with E-state index < -0.39 is 6.04 Å². The van der Waals surface area contributed by atoms with Gasteiger partial charge >= 0.3 is 0 Å². The summed E-state index contributed by atoms with van der Waals surface area (Å²) in [5, 5.41) is 2.96. The summed E-state index contributed by atoms with van der Waals surface area (Å²) in [5.74, 6) is 1.12. The minimum atomic E-state index is -0.649. The fourth-order valence-electron chi connectivity index (χ4n) is 4.28. The van der Waals surface area contributed by atoms with Gasteiger partial charge in [-0.25, -0.2) is 4.99 Å². The fourth-order valence-corrected chi connectivity index (χ4v) is 5.33. The van der Waals surface area contributed by atoms with E-state index in [1.807, 2.05) is 84.9 Å². The molecule has 37 heavy (non-hydrogen) atoms. The van der Waals surface area contributed by atoms with Crippen molar-refractivity contribution in [1.82, 2.24) is 4.57 Å². The van der Waals surface area contributed by atoms with Crippen molar-refractivity contribution in [3.8, 4) is 11.5 Å². The van der Waals surface area contributed by atoms with Crippen molar-refractivity contribution in [2.45, 2.75) is 13.0 Å². The summed E-state index contributed by atoms with van der Waals surface area (Å²) in [5.41, 5.74) is 3.08. The van der Waals surface area contributed by atoms with E-state index in [0.29, 0.717) is 32.0 Å². The highest BCUT2D eigenvalue weighted by atomic mass is 32.1. The number of rotatable bonds is 6. The SMILES string of the molecule is COc1ccc(/C=c2\sc3n(c2=O)C(c2ccc(OC)cc2)C(C(=O)Nc2ccccc2)=C(C)N=3)cc1. The van der Waals surface area contributed by atoms with Crippen molar-refractivity contribution >= 4 is 29.0 Å². The highest BCUT2D eigenvalue weighted by Gasteiger charge is 2.32. The Hall–Kier alpha value is -4.43. The van der Waals surface area contributed by atoms with Crippen LogP contribution in [0.4, 0.5) is 5.69 Å². The zero-order valence-corrected chi connectivity index (χ0v) is 21.4. The largest absolute Gasteiger partial charge is 0.497 e. The van der Waals surface area contributed by atoms with Crippen LogP contribution in [0.1, 0.15) is 24.1 Å². The summed E-state index contributed by atoms with van der Waals surface area (Å²) in [6, 6.07) is 23.4. The van der Waals surface area contributed by atoms with E-state index in [1.54, 1.807) is 25.7 Å². The Bertz CT molecular complexity index is 1650. The first-order valence-corrected chi connectivity index (χ1v) is 12.5. The third-order valence-corrected chi connectivity index (χ3v) is 7.13. The molecule has 0 fully saturated rings. The second kappa shape index (κ2) is 10.3. The van der Waals surface area contributed by atoms with Crippen molar-refractivity contribution in [1.29, 1.82) is 0 Å². The number of carbonyl (C=O) groups is 1. The summed E-state index contributed by atoms with van der Waals surface area (Å²) < 4.78 is 12.7. The lowest BCUT2D eigenvalue weighted by atomic mass is 9.95. The number of carbonyl (C=O) groups excluding carboxylic acids is 1. The van der Waals surface area contributed by atoms with Gasteiger partial charge in [0.25, 0.3) is 11.5 Å². The molecule has 0 radical (unpaired) electrons. The lowest BCUT2D eigenvalue weighted by molar-refractivity contribution is -0.113. The first kappa shape index (κ1) is 24.3. The maximum Gasteiger partial charge on any atom is 0.271 e.